The van der Waals surface area contributed by atoms with Gasteiger partial charge in [0.1, 0.15) is 5.75 Å². The summed E-state index contributed by atoms with van der Waals surface area (Å²) in [6.45, 7) is 4.41. The van der Waals surface area contributed by atoms with E-state index in [0.29, 0.717) is 23.5 Å². The van der Waals surface area contributed by atoms with Gasteiger partial charge in [0.2, 0.25) is 10.0 Å². The minimum absolute atomic E-state index is 0.00416. The molecule has 0 spiro atoms. The van der Waals surface area contributed by atoms with E-state index in [-0.39, 0.29) is 16.8 Å². The number of nitrogens with one attached hydrogen (secondary N) is 1. The van der Waals surface area contributed by atoms with E-state index in [0.717, 1.165) is 24.8 Å². The number of hydrogen-bond acceptors (Lipinski definition) is 4. The van der Waals surface area contributed by atoms with E-state index in [1.54, 1.807) is 29.6 Å². The van der Waals surface area contributed by atoms with Crippen molar-refractivity contribution in [2.24, 2.45) is 0 Å². The highest BCUT2D eigenvalue weighted by Gasteiger charge is 2.30. The monoisotopic (exact) mass is 402 g/mol. The molecule has 0 aliphatic carbocycles. The van der Waals surface area contributed by atoms with Crippen LogP contribution in [0.15, 0.2) is 47.4 Å². The fourth-order valence-corrected chi connectivity index (χ4v) is 5.16. The first-order chi connectivity index (χ1) is 13.3. The lowest BCUT2D eigenvalue weighted by Gasteiger charge is -2.32. The van der Waals surface area contributed by atoms with Crippen LogP contribution in [0.2, 0.25) is 0 Å². The minimum Gasteiger partial charge on any atom is -0.495 e. The van der Waals surface area contributed by atoms with Crippen molar-refractivity contribution < 1.29 is 17.9 Å². The van der Waals surface area contributed by atoms with Crippen molar-refractivity contribution in [3.05, 3.63) is 53.6 Å². The summed E-state index contributed by atoms with van der Waals surface area (Å²) in [4.78, 5) is 12.8. The molecule has 1 saturated heterocycles. The third-order valence-corrected chi connectivity index (χ3v) is 7.10. The summed E-state index contributed by atoms with van der Waals surface area (Å²) in [6.07, 6.45) is 2.80. The standard InChI is InChI=1S/C21H26N2O4S/c1-15-7-12-20(27-3)19(14-15)22-21(24)17-8-10-18(11-9-17)28(25,26)23-13-5-4-6-16(23)2/h7-12,14,16H,4-6,13H2,1-3H3,(H,22,24)/t16-/m0/s1. The molecule has 0 bridgehead atoms. The van der Waals surface area contributed by atoms with Gasteiger partial charge in [-0.3, -0.25) is 4.79 Å². The van der Waals surface area contributed by atoms with Gasteiger partial charge < -0.3 is 10.1 Å². The number of rotatable bonds is 5. The van der Waals surface area contributed by atoms with Crippen LogP contribution in [0, 0.1) is 6.92 Å². The fraction of sp³-hybridized carbons (Fsp3) is 0.381. The van der Waals surface area contributed by atoms with E-state index in [1.807, 2.05) is 26.0 Å². The third-order valence-electron chi connectivity index (χ3n) is 5.07. The van der Waals surface area contributed by atoms with Crippen LogP contribution in [0.25, 0.3) is 0 Å². The van der Waals surface area contributed by atoms with Crippen LogP contribution in [0.3, 0.4) is 0 Å². The highest BCUT2D eigenvalue weighted by atomic mass is 32.2. The van der Waals surface area contributed by atoms with E-state index in [2.05, 4.69) is 5.32 Å². The van der Waals surface area contributed by atoms with E-state index < -0.39 is 10.0 Å². The zero-order valence-corrected chi connectivity index (χ0v) is 17.3. The van der Waals surface area contributed by atoms with Gasteiger partial charge in [0.25, 0.3) is 5.91 Å². The maximum Gasteiger partial charge on any atom is 0.255 e. The lowest BCUT2D eigenvalue weighted by atomic mass is 10.1. The minimum atomic E-state index is -3.55. The summed E-state index contributed by atoms with van der Waals surface area (Å²) in [5.41, 5.74) is 1.95. The summed E-state index contributed by atoms with van der Waals surface area (Å²) >= 11 is 0. The first-order valence-corrected chi connectivity index (χ1v) is 10.8. The molecule has 0 unspecified atom stereocenters. The average molecular weight is 403 g/mol. The van der Waals surface area contributed by atoms with Crippen molar-refractivity contribution in [1.82, 2.24) is 4.31 Å². The van der Waals surface area contributed by atoms with Gasteiger partial charge in [-0.2, -0.15) is 4.31 Å². The number of carbonyl (C=O) groups is 1. The second-order valence-electron chi connectivity index (χ2n) is 7.14. The number of hydrogen-bond donors (Lipinski definition) is 1. The summed E-state index contributed by atoms with van der Waals surface area (Å²) in [7, 11) is -2.00. The zero-order chi connectivity index (χ0) is 20.3. The lowest BCUT2D eigenvalue weighted by Crippen LogP contribution is -2.41. The smallest absolute Gasteiger partial charge is 0.255 e. The van der Waals surface area contributed by atoms with Gasteiger partial charge in [0, 0.05) is 18.2 Å². The number of methoxy groups -OCH3 is 1. The molecule has 1 fully saturated rings. The number of amides is 1. The molecule has 28 heavy (non-hydrogen) atoms. The predicted octanol–water partition coefficient (Wildman–Crippen LogP) is 3.82. The Morgan fingerprint density at radius 3 is 2.50 bits per heavy atom. The first kappa shape index (κ1) is 20.4. The maximum atomic E-state index is 12.9. The lowest BCUT2D eigenvalue weighted by molar-refractivity contribution is 0.102. The quantitative estimate of drug-likeness (QED) is 0.825. The third kappa shape index (κ3) is 4.20. The molecule has 3 rings (SSSR count). The molecular formula is C21H26N2O4S. The number of nitrogens with zero attached hydrogens (tertiary/aromatic N) is 1. The zero-order valence-electron chi connectivity index (χ0n) is 16.4. The topological polar surface area (TPSA) is 75.7 Å². The van der Waals surface area contributed by atoms with Gasteiger partial charge in [0.05, 0.1) is 17.7 Å². The summed E-state index contributed by atoms with van der Waals surface area (Å²) in [5, 5.41) is 2.82. The molecule has 0 aromatic heterocycles. The number of anilines is 1. The molecule has 2 aromatic carbocycles. The Balaban J connectivity index is 1.79. The number of sulfonamides is 1. The van der Waals surface area contributed by atoms with E-state index in [1.165, 1.54) is 12.1 Å². The van der Waals surface area contributed by atoms with Crippen LogP contribution < -0.4 is 10.1 Å². The molecular weight excluding hydrogens is 376 g/mol. The van der Waals surface area contributed by atoms with Gasteiger partial charge in [-0.15, -0.1) is 0 Å². The van der Waals surface area contributed by atoms with Crippen molar-refractivity contribution in [2.75, 3.05) is 19.0 Å². The molecule has 0 radical (unpaired) electrons. The van der Waals surface area contributed by atoms with Gasteiger partial charge in [0.15, 0.2) is 0 Å². The highest BCUT2D eigenvalue weighted by Crippen LogP contribution is 2.27. The Labute approximate surface area is 166 Å². The van der Waals surface area contributed by atoms with Crippen LogP contribution in [-0.4, -0.2) is 38.3 Å². The molecule has 0 saturated carbocycles. The Bertz CT molecular complexity index is 955. The predicted molar refractivity (Wildman–Crippen MR) is 109 cm³/mol. The van der Waals surface area contributed by atoms with Crippen LogP contribution in [0.4, 0.5) is 5.69 Å². The number of piperidine rings is 1. The molecule has 1 heterocycles. The fourth-order valence-electron chi connectivity index (χ4n) is 3.46. The normalized spacial score (nSPS) is 17.9. The van der Waals surface area contributed by atoms with E-state index >= 15 is 0 Å². The van der Waals surface area contributed by atoms with Crippen molar-refractivity contribution in [3.8, 4) is 5.75 Å². The summed E-state index contributed by atoms with van der Waals surface area (Å²) in [5.74, 6) is 0.247. The second-order valence-corrected chi connectivity index (χ2v) is 9.03. The number of aryl methyl sites for hydroxylation is 1. The molecule has 1 N–H and O–H groups in total. The van der Waals surface area contributed by atoms with Crippen LogP contribution in [0.5, 0.6) is 5.75 Å². The average Bonchev–Trinajstić information content (AvgIpc) is 2.68. The number of carbonyl (C=O) groups excluding carboxylic acids is 1. The molecule has 6 nitrogen and oxygen atoms in total. The van der Waals surface area contributed by atoms with Crippen LogP contribution in [-0.2, 0) is 10.0 Å². The molecule has 150 valence electrons. The van der Waals surface area contributed by atoms with E-state index in [9.17, 15) is 13.2 Å². The Morgan fingerprint density at radius 2 is 1.86 bits per heavy atom. The van der Waals surface area contributed by atoms with Crippen molar-refractivity contribution >= 4 is 21.6 Å². The molecule has 1 amide bonds. The van der Waals surface area contributed by atoms with Gasteiger partial charge in [-0.05, 0) is 68.7 Å². The van der Waals surface area contributed by atoms with Gasteiger partial charge >= 0.3 is 0 Å². The maximum absolute atomic E-state index is 12.9. The highest BCUT2D eigenvalue weighted by molar-refractivity contribution is 7.89. The van der Waals surface area contributed by atoms with Crippen molar-refractivity contribution in [3.63, 3.8) is 0 Å². The van der Waals surface area contributed by atoms with Crippen LogP contribution >= 0.6 is 0 Å². The SMILES string of the molecule is COc1ccc(C)cc1NC(=O)c1ccc(S(=O)(=O)N2CCCC[C@@H]2C)cc1. The summed E-state index contributed by atoms with van der Waals surface area (Å²) in [6, 6.07) is 11.6. The molecule has 2 aromatic rings. The summed E-state index contributed by atoms with van der Waals surface area (Å²) < 4.78 is 32.6. The Kier molecular flexibility index (Phi) is 6.05. The van der Waals surface area contributed by atoms with Crippen molar-refractivity contribution in [1.29, 1.82) is 0 Å². The molecule has 1 aliphatic heterocycles. The molecule has 7 heteroatoms. The Hall–Kier alpha value is -2.38. The van der Waals surface area contributed by atoms with Gasteiger partial charge in [-0.25, -0.2) is 8.42 Å². The second kappa shape index (κ2) is 8.32. The van der Waals surface area contributed by atoms with Crippen molar-refractivity contribution in [2.45, 2.75) is 44.0 Å². The number of ether oxygens (including phenoxy) is 1. The van der Waals surface area contributed by atoms with Crippen LogP contribution in [0.1, 0.15) is 42.1 Å². The largest absolute Gasteiger partial charge is 0.495 e. The molecule has 1 atom stereocenters. The number of benzene rings is 2. The Morgan fingerprint density at radius 1 is 1.14 bits per heavy atom. The first-order valence-electron chi connectivity index (χ1n) is 9.41. The molecule has 1 aliphatic rings. The van der Waals surface area contributed by atoms with E-state index in [4.69, 9.17) is 4.74 Å². The van der Waals surface area contributed by atoms with Gasteiger partial charge in [-0.1, -0.05) is 12.5 Å².